The van der Waals surface area contributed by atoms with E-state index in [-0.39, 0.29) is 5.76 Å². The van der Waals surface area contributed by atoms with E-state index in [1.165, 1.54) is 12.8 Å². The highest BCUT2D eigenvalue weighted by molar-refractivity contribution is 5.92. The van der Waals surface area contributed by atoms with Gasteiger partial charge >= 0.3 is 5.91 Å². The Hall–Kier alpha value is -1.37. The van der Waals surface area contributed by atoms with Gasteiger partial charge in [0.25, 0.3) is 0 Å². The van der Waals surface area contributed by atoms with E-state index < -0.39 is 5.91 Å². The fraction of sp³-hybridized carbons (Fsp3) is 0.643. The van der Waals surface area contributed by atoms with E-state index in [2.05, 4.69) is 10.3 Å². The summed E-state index contributed by atoms with van der Waals surface area (Å²) in [4.78, 5) is 13.6. The number of ether oxygens (including phenoxy) is 1. The van der Waals surface area contributed by atoms with E-state index in [9.17, 15) is 4.79 Å². The molecule has 0 unspecified atom stereocenters. The molecule has 1 amide bonds. The lowest BCUT2D eigenvalue weighted by molar-refractivity contribution is 0.0913. The third-order valence-corrected chi connectivity index (χ3v) is 3.40. The SMILES string of the molecule is Cc1cc(CN(C)CCOCC2CC2)oc1C(=O)NN. The molecule has 0 atom stereocenters. The van der Waals surface area contributed by atoms with Crippen LogP contribution in [0.3, 0.4) is 0 Å². The van der Waals surface area contributed by atoms with Gasteiger partial charge in [-0.05, 0) is 38.8 Å². The molecule has 6 nitrogen and oxygen atoms in total. The van der Waals surface area contributed by atoms with E-state index >= 15 is 0 Å². The number of carbonyl (C=O) groups excluding carboxylic acids is 1. The number of rotatable bonds is 8. The van der Waals surface area contributed by atoms with Gasteiger partial charge in [-0.3, -0.25) is 15.1 Å². The predicted octanol–water partition coefficient (Wildman–Crippen LogP) is 1.05. The molecule has 20 heavy (non-hydrogen) atoms. The Morgan fingerprint density at radius 1 is 1.60 bits per heavy atom. The zero-order valence-electron chi connectivity index (χ0n) is 12.1. The number of nitrogens with zero attached hydrogens (tertiary/aromatic N) is 1. The number of nitrogen functional groups attached to an aromatic ring is 1. The number of nitrogens with two attached hydrogens (primary N) is 1. The normalized spacial score (nSPS) is 14.8. The summed E-state index contributed by atoms with van der Waals surface area (Å²) in [6.45, 7) is 4.92. The van der Waals surface area contributed by atoms with Crippen molar-refractivity contribution in [2.24, 2.45) is 11.8 Å². The molecule has 0 radical (unpaired) electrons. The molecule has 1 heterocycles. The van der Waals surface area contributed by atoms with Crippen LogP contribution in [0.15, 0.2) is 10.5 Å². The van der Waals surface area contributed by atoms with Crippen LogP contribution in [0.4, 0.5) is 0 Å². The maximum atomic E-state index is 11.5. The summed E-state index contributed by atoms with van der Waals surface area (Å²) in [5.74, 6) is 6.54. The number of furan rings is 1. The van der Waals surface area contributed by atoms with Crippen LogP contribution in [0.5, 0.6) is 0 Å². The molecule has 0 saturated heterocycles. The van der Waals surface area contributed by atoms with Crippen molar-refractivity contribution in [1.82, 2.24) is 10.3 Å². The van der Waals surface area contributed by atoms with Crippen LogP contribution in [0, 0.1) is 12.8 Å². The van der Waals surface area contributed by atoms with Crippen molar-refractivity contribution in [2.75, 3.05) is 26.8 Å². The monoisotopic (exact) mass is 281 g/mol. The van der Waals surface area contributed by atoms with Gasteiger partial charge in [-0.15, -0.1) is 0 Å². The molecule has 0 aromatic carbocycles. The van der Waals surface area contributed by atoms with E-state index in [1.54, 1.807) is 0 Å². The molecule has 1 aliphatic rings. The largest absolute Gasteiger partial charge is 0.454 e. The predicted molar refractivity (Wildman–Crippen MR) is 75.0 cm³/mol. The van der Waals surface area contributed by atoms with Crippen LogP contribution in [-0.4, -0.2) is 37.6 Å². The molecule has 1 aliphatic carbocycles. The molecule has 0 spiro atoms. The van der Waals surface area contributed by atoms with Crippen molar-refractivity contribution in [1.29, 1.82) is 0 Å². The van der Waals surface area contributed by atoms with Crippen LogP contribution < -0.4 is 11.3 Å². The fourth-order valence-corrected chi connectivity index (χ4v) is 2.02. The second-order valence-electron chi connectivity index (χ2n) is 5.45. The highest BCUT2D eigenvalue weighted by Gasteiger charge is 2.21. The van der Waals surface area contributed by atoms with Gasteiger partial charge in [-0.1, -0.05) is 0 Å². The third-order valence-electron chi connectivity index (χ3n) is 3.40. The average Bonchev–Trinajstić information content (AvgIpc) is 3.17. The number of hydrogen-bond acceptors (Lipinski definition) is 5. The molecule has 1 aromatic rings. The first kappa shape index (κ1) is 15.0. The van der Waals surface area contributed by atoms with Gasteiger partial charge < -0.3 is 9.15 Å². The first-order chi connectivity index (χ1) is 9.60. The summed E-state index contributed by atoms with van der Waals surface area (Å²) < 4.78 is 11.1. The van der Waals surface area contributed by atoms with E-state index in [0.717, 1.165) is 37.0 Å². The fourth-order valence-electron chi connectivity index (χ4n) is 2.02. The molecule has 2 rings (SSSR count). The standard InChI is InChI=1S/C14H23N3O3/c1-10-7-12(20-13(10)14(18)16-15)8-17(2)5-6-19-9-11-3-4-11/h7,11H,3-6,8-9,15H2,1-2H3,(H,16,18). The van der Waals surface area contributed by atoms with Gasteiger partial charge in [-0.25, -0.2) is 5.84 Å². The molecule has 1 saturated carbocycles. The van der Waals surface area contributed by atoms with Crippen molar-refractivity contribution in [3.05, 3.63) is 23.2 Å². The molecule has 1 aromatic heterocycles. The van der Waals surface area contributed by atoms with Crippen molar-refractivity contribution in [3.63, 3.8) is 0 Å². The van der Waals surface area contributed by atoms with Crippen molar-refractivity contribution in [3.8, 4) is 0 Å². The minimum Gasteiger partial charge on any atom is -0.454 e. The molecular weight excluding hydrogens is 258 g/mol. The van der Waals surface area contributed by atoms with Crippen LogP contribution in [-0.2, 0) is 11.3 Å². The number of nitrogens with one attached hydrogen (secondary N) is 1. The highest BCUT2D eigenvalue weighted by Crippen LogP contribution is 2.28. The summed E-state index contributed by atoms with van der Waals surface area (Å²) in [5, 5.41) is 0. The van der Waals surface area contributed by atoms with Gasteiger partial charge in [0.2, 0.25) is 0 Å². The molecule has 112 valence electrons. The van der Waals surface area contributed by atoms with Crippen molar-refractivity contribution < 1.29 is 13.9 Å². The maximum absolute atomic E-state index is 11.5. The smallest absolute Gasteiger partial charge is 0.301 e. The van der Waals surface area contributed by atoms with Gasteiger partial charge in [0.05, 0.1) is 13.2 Å². The zero-order valence-corrected chi connectivity index (χ0v) is 12.1. The van der Waals surface area contributed by atoms with Gasteiger partial charge in [0.1, 0.15) is 5.76 Å². The van der Waals surface area contributed by atoms with Crippen molar-refractivity contribution in [2.45, 2.75) is 26.3 Å². The van der Waals surface area contributed by atoms with Crippen LogP contribution in [0.2, 0.25) is 0 Å². The van der Waals surface area contributed by atoms with Gasteiger partial charge in [0, 0.05) is 18.7 Å². The average molecular weight is 281 g/mol. The zero-order chi connectivity index (χ0) is 14.5. The Morgan fingerprint density at radius 3 is 3.00 bits per heavy atom. The van der Waals surface area contributed by atoms with Crippen LogP contribution in [0.25, 0.3) is 0 Å². The van der Waals surface area contributed by atoms with E-state index in [4.69, 9.17) is 15.0 Å². The Labute approximate surface area is 119 Å². The molecule has 1 fully saturated rings. The topological polar surface area (TPSA) is 80.7 Å². The molecule has 3 N–H and O–H groups in total. The number of hydrazine groups is 1. The summed E-state index contributed by atoms with van der Waals surface area (Å²) >= 11 is 0. The number of amides is 1. The lowest BCUT2D eigenvalue weighted by atomic mass is 10.2. The molecular formula is C14H23N3O3. The van der Waals surface area contributed by atoms with E-state index in [1.807, 2.05) is 20.0 Å². The van der Waals surface area contributed by atoms with Crippen LogP contribution in [0.1, 0.15) is 34.7 Å². The Balaban J connectivity index is 1.75. The van der Waals surface area contributed by atoms with Crippen molar-refractivity contribution >= 4 is 5.91 Å². The summed E-state index contributed by atoms with van der Waals surface area (Å²) in [7, 11) is 2.00. The first-order valence-corrected chi connectivity index (χ1v) is 6.96. The minimum atomic E-state index is -0.399. The minimum absolute atomic E-state index is 0.279. The van der Waals surface area contributed by atoms with E-state index in [0.29, 0.717) is 6.54 Å². The number of aryl methyl sites for hydroxylation is 1. The summed E-state index contributed by atoms with van der Waals surface area (Å²) in [6.07, 6.45) is 2.63. The number of likely N-dealkylation sites (N-methyl/N-ethyl adjacent to an activating group) is 1. The summed E-state index contributed by atoms with van der Waals surface area (Å²) in [5.41, 5.74) is 2.87. The number of hydrogen-bond donors (Lipinski definition) is 2. The number of carbonyl (C=O) groups is 1. The Kier molecular flexibility index (Phi) is 5.17. The highest BCUT2D eigenvalue weighted by atomic mass is 16.5. The Morgan fingerprint density at radius 2 is 2.35 bits per heavy atom. The second-order valence-corrected chi connectivity index (χ2v) is 5.45. The second kappa shape index (κ2) is 6.88. The molecule has 0 aliphatic heterocycles. The first-order valence-electron chi connectivity index (χ1n) is 6.96. The Bertz CT molecular complexity index is 455. The van der Waals surface area contributed by atoms with Gasteiger partial charge in [0.15, 0.2) is 5.76 Å². The maximum Gasteiger partial charge on any atom is 0.301 e. The quantitative estimate of drug-likeness (QED) is 0.322. The van der Waals surface area contributed by atoms with Crippen LogP contribution >= 0.6 is 0 Å². The third kappa shape index (κ3) is 4.33. The molecule has 0 bridgehead atoms. The lowest BCUT2D eigenvalue weighted by Crippen LogP contribution is -2.30. The van der Waals surface area contributed by atoms with Gasteiger partial charge in [-0.2, -0.15) is 0 Å². The summed E-state index contributed by atoms with van der Waals surface area (Å²) in [6, 6.07) is 1.87. The lowest BCUT2D eigenvalue weighted by Gasteiger charge is -2.14. The molecule has 6 heteroatoms.